The minimum atomic E-state index is 0.0687. The molecule has 0 saturated heterocycles. The van der Waals surface area contributed by atoms with E-state index in [1.165, 1.54) is 0 Å². The number of amides is 1. The van der Waals surface area contributed by atoms with E-state index in [9.17, 15) is 4.79 Å². The van der Waals surface area contributed by atoms with Gasteiger partial charge in [0.1, 0.15) is 0 Å². The second-order valence-electron chi connectivity index (χ2n) is 5.29. The van der Waals surface area contributed by atoms with Gasteiger partial charge in [0.05, 0.1) is 11.3 Å². The standard InChI is InChI=1S/C13H22N4O/c1-8-12(9(2)16-15-8)13(18)17(3)11-6-4-10(14)5-7-11/h10-11H,4-7,14H2,1-3H3,(H,15,16). The first kappa shape index (κ1) is 13.1. The van der Waals surface area contributed by atoms with Crippen molar-refractivity contribution in [2.45, 2.75) is 51.6 Å². The van der Waals surface area contributed by atoms with E-state index in [-0.39, 0.29) is 5.91 Å². The first-order chi connectivity index (χ1) is 8.50. The van der Waals surface area contributed by atoms with Crippen molar-refractivity contribution in [2.24, 2.45) is 5.73 Å². The third-order valence-corrected chi connectivity index (χ3v) is 3.95. The molecule has 1 fully saturated rings. The summed E-state index contributed by atoms with van der Waals surface area (Å²) in [4.78, 5) is 14.3. The highest BCUT2D eigenvalue weighted by molar-refractivity contribution is 5.96. The molecule has 1 aliphatic rings. The summed E-state index contributed by atoms with van der Waals surface area (Å²) >= 11 is 0. The Balaban J connectivity index is 2.09. The Hall–Kier alpha value is -1.36. The molecule has 0 bridgehead atoms. The highest BCUT2D eigenvalue weighted by Crippen LogP contribution is 2.23. The maximum absolute atomic E-state index is 12.5. The number of hydrogen-bond acceptors (Lipinski definition) is 3. The number of nitrogens with one attached hydrogen (secondary N) is 1. The number of aryl methyl sites for hydroxylation is 2. The van der Waals surface area contributed by atoms with E-state index in [4.69, 9.17) is 5.73 Å². The summed E-state index contributed by atoms with van der Waals surface area (Å²) in [5.41, 5.74) is 8.23. The molecule has 1 aromatic rings. The van der Waals surface area contributed by atoms with Gasteiger partial charge in [0.25, 0.3) is 5.91 Å². The summed E-state index contributed by atoms with van der Waals surface area (Å²) in [6.07, 6.45) is 4.01. The lowest BCUT2D eigenvalue weighted by Gasteiger charge is -2.33. The van der Waals surface area contributed by atoms with Crippen LogP contribution in [0.1, 0.15) is 47.4 Å². The van der Waals surface area contributed by atoms with Crippen molar-refractivity contribution in [1.29, 1.82) is 0 Å². The van der Waals surface area contributed by atoms with Gasteiger partial charge in [-0.1, -0.05) is 0 Å². The van der Waals surface area contributed by atoms with Gasteiger partial charge in [0.2, 0.25) is 0 Å². The molecule has 2 rings (SSSR count). The van der Waals surface area contributed by atoms with Crippen LogP contribution in [0.5, 0.6) is 0 Å². The van der Waals surface area contributed by atoms with E-state index >= 15 is 0 Å². The molecule has 0 unspecified atom stereocenters. The Morgan fingerprint density at radius 2 is 1.94 bits per heavy atom. The van der Waals surface area contributed by atoms with Gasteiger partial charge in [0.15, 0.2) is 0 Å². The summed E-state index contributed by atoms with van der Waals surface area (Å²) in [7, 11) is 1.88. The number of nitrogens with two attached hydrogens (primary N) is 1. The monoisotopic (exact) mass is 250 g/mol. The summed E-state index contributed by atoms with van der Waals surface area (Å²) in [5, 5.41) is 6.95. The number of aromatic nitrogens is 2. The number of carbonyl (C=O) groups is 1. The maximum Gasteiger partial charge on any atom is 0.257 e. The van der Waals surface area contributed by atoms with Crippen molar-refractivity contribution in [1.82, 2.24) is 15.1 Å². The van der Waals surface area contributed by atoms with Gasteiger partial charge < -0.3 is 10.6 Å². The molecule has 0 radical (unpaired) electrons. The lowest BCUT2D eigenvalue weighted by atomic mass is 9.90. The third-order valence-electron chi connectivity index (χ3n) is 3.95. The SMILES string of the molecule is Cc1n[nH]c(C)c1C(=O)N(C)C1CCC(N)CC1. The average Bonchev–Trinajstić information content (AvgIpc) is 2.68. The fourth-order valence-electron chi connectivity index (χ4n) is 2.70. The van der Waals surface area contributed by atoms with Crippen molar-refractivity contribution < 1.29 is 4.79 Å². The number of hydrogen-bond donors (Lipinski definition) is 2. The first-order valence-corrected chi connectivity index (χ1v) is 6.55. The van der Waals surface area contributed by atoms with E-state index in [1.807, 2.05) is 25.8 Å². The number of carbonyl (C=O) groups excluding carboxylic acids is 1. The zero-order valence-electron chi connectivity index (χ0n) is 11.4. The predicted molar refractivity (Wildman–Crippen MR) is 70.4 cm³/mol. The van der Waals surface area contributed by atoms with Gasteiger partial charge >= 0.3 is 0 Å². The van der Waals surface area contributed by atoms with Crippen molar-refractivity contribution in [3.63, 3.8) is 0 Å². The van der Waals surface area contributed by atoms with Gasteiger partial charge in [-0.3, -0.25) is 9.89 Å². The summed E-state index contributed by atoms with van der Waals surface area (Å²) in [6.45, 7) is 3.75. The molecule has 1 aromatic heterocycles. The molecule has 5 heteroatoms. The van der Waals surface area contributed by atoms with Crippen LogP contribution in [-0.4, -0.2) is 40.1 Å². The Bertz CT molecular complexity index is 413. The van der Waals surface area contributed by atoms with Crippen LogP contribution < -0.4 is 5.73 Å². The van der Waals surface area contributed by atoms with Crippen molar-refractivity contribution in [3.05, 3.63) is 17.0 Å². The Kier molecular flexibility index (Phi) is 3.71. The maximum atomic E-state index is 12.5. The fraction of sp³-hybridized carbons (Fsp3) is 0.692. The lowest BCUT2D eigenvalue weighted by Crippen LogP contribution is -2.42. The van der Waals surface area contributed by atoms with Gasteiger partial charge in [-0.2, -0.15) is 5.10 Å². The largest absolute Gasteiger partial charge is 0.339 e. The summed E-state index contributed by atoms with van der Waals surface area (Å²) in [5.74, 6) is 0.0687. The van der Waals surface area contributed by atoms with Crippen molar-refractivity contribution >= 4 is 5.91 Å². The van der Waals surface area contributed by atoms with Crippen LogP contribution in [0.25, 0.3) is 0 Å². The average molecular weight is 250 g/mol. The van der Waals surface area contributed by atoms with E-state index in [0.29, 0.717) is 17.6 Å². The molecule has 5 nitrogen and oxygen atoms in total. The molecular formula is C13H22N4O. The summed E-state index contributed by atoms with van der Waals surface area (Å²) in [6, 6.07) is 0.619. The molecule has 0 aromatic carbocycles. The van der Waals surface area contributed by atoms with Crippen LogP contribution in [0.2, 0.25) is 0 Å². The molecule has 18 heavy (non-hydrogen) atoms. The molecule has 0 aliphatic heterocycles. The lowest BCUT2D eigenvalue weighted by molar-refractivity contribution is 0.0688. The number of H-pyrrole nitrogens is 1. The van der Waals surface area contributed by atoms with E-state index in [1.54, 1.807) is 0 Å². The van der Waals surface area contributed by atoms with Crippen LogP contribution in [0.4, 0.5) is 0 Å². The van der Waals surface area contributed by atoms with Crippen LogP contribution in [0.15, 0.2) is 0 Å². The van der Waals surface area contributed by atoms with Crippen LogP contribution in [0, 0.1) is 13.8 Å². The third kappa shape index (κ3) is 2.41. The molecule has 0 atom stereocenters. The molecule has 1 aliphatic carbocycles. The number of rotatable bonds is 2. The van der Waals surface area contributed by atoms with Crippen molar-refractivity contribution in [3.8, 4) is 0 Å². The van der Waals surface area contributed by atoms with E-state index in [2.05, 4.69) is 10.2 Å². The Labute approximate surface area is 108 Å². The highest BCUT2D eigenvalue weighted by Gasteiger charge is 2.27. The Morgan fingerprint density at radius 1 is 1.33 bits per heavy atom. The molecule has 1 saturated carbocycles. The second-order valence-corrected chi connectivity index (χ2v) is 5.29. The topological polar surface area (TPSA) is 75.0 Å². The zero-order chi connectivity index (χ0) is 13.3. The smallest absolute Gasteiger partial charge is 0.257 e. The minimum Gasteiger partial charge on any atom is -0.339 e. The van der Waals surface area contributed by atoms with Gasteiger partial charge in [-0.05, 0) is 39.5 Å². The normalized spacial score (nSPS) is 24.0. The Morgan fingerprint density at radius 3 is 2.44 bits per heavy atom. The molecule has 100 valence electrons. The van der Waals surface area contributed by atoms with Crippen LogP contribution in [-0.2, 0) is 0 Å². The zero-order valence-corrected chi connectivity index (χ0v) is 11.4. The van der Waals surface area contributed by atoms with E-state index in [0.717, 1.165) is 37.1 Å². The van der Waals surface area contributed by atoms with Gasteiger partial charge in [-0.15, -0.1) is 0 Å². The minimum absolute atomic E-state index is 0.0687. The molecule has 1 heterocycles. The second kappa shape index (κ2) is 5.10. The number of aromatic amines is 1. The first-order valence-electron chi connectivity index (χ1n) is 6.55. The van der Waals surface area contributed by atoms with Crippen LogP contribution >= 0.6 is 0 Å². The molecular weight excluding hydrogens is 228 g/mol. The molecule has 1 amide bonds. The van der Waals surface area contributed by atoms with Gasteiger partial charge in [0, 0.05) is 24.8 Å². The quantitative estimate of drug-likeness (QED) is 0.832. The molecule has 0 spiro atoms. The van der Waals surface area contributed by atoms with Gasteiger partial charge in [-0.25, -0.2) is 0 Å². The van der Waals surface area contributed by atoms with Crippen molar-refractivity contribution in [2.75, 3.05) is 7.05 Å². The van der Waals surface area contributed by atoms with E-state index < -0.39 is 0 Å². The highest BCUT2D eigenvalue weighted by atomic mass is 16.2. The summed E-state index contributed by atoms with van der Waals surface area (Å²) < 4.78 is 0. The molecule has 3 N–H and O–H groups in total. The van der Waals surface area contributed by atoms with Crippen LogP contribution in [0.3, 0.4) is 0 Å². The fourth-order valence-corrected chi connectivity index (χ4v) is 2.70. The number of nitrogens with zero attached hydrogens (tertiary/aromatic N) is 2. The predicted octanol–water partition coefficient (Wildman–Crippen LogP) is 1.37.